The molecule has 5 nitrogen and oxygen atoms in total. The van der Waals surface area contributed by atoms with Gasteiger partial charge in [-0.15, -0.1) is 0 Å². The molecule has 0 N–H and O–H groups in total. The fourth-order valence-electron chi connectivity index (χ4n) is 4.12. The fourth-order valence-corrected chi connectivity index (χ4v) is 4.12. The van der Waals surface area contributed by atoms with Crippen molar-refractivity contribution in [2.75, 3.05) is 19.8 Å². The number of hydrogen-bond donors (Lipinski definition) is 0. The number of hydrogen-bond acceptors (Lipinski definition) is 5. The van der Waals surface area contributed by atoms with Crippen molar-refractivity contribution in [3.63, 3.8) is 0 Å². The van der Waals surface area contributed by atoms with E-state index in [0.717, 1.165) is 70.6 Å². The molecule has 0 saturated carbocycles. The Morgan fingerprint density at radius 1 is 0.912 bits per heavy atom. The van der Waals surface area contributed by atoms with E-state index >= 15 is 0 Å². The molecule has 0 aliphatic carbocycles. The van der Waals surface area contributed by atoms with Crippen LogP contribution in [0, 0.1) is 13.8 Å². The van der Waals surface area contributed by atoms with E-state index in [9.17, 15) is 4.79 Å². The van der Waals surface area contributed by atoms with Crippen LogP contribution in [0.1, 0.15) is 53.2 Å². The molecular weight excluding hydrogens is 428 g/mol. The van der Waals surface area contributed by atoms with Gasteiger partial charge < -0.3 is 18.9 Å². The van der Waals surface area contributed by atoms with E-state index in [4.69, 9.17) is 18.9 Å². The maximum atomic E-state index is 11.5. The summed E-state index contributed by atoms with van der Waals surface area (Å²) in [6, 6.07) is 16.0. The largest absolute Gasteiger partial charge is 0.493 e. The number of carbonyl (C=O) groups is 1. The molecule has 4 rings (SSSR count). The van der Waals surface area contributed by atoms with E-state index < -0.39 is 0 Å². The van der Waals surface area contributed by atoms with Gasteiger partial charge in [-0.3, -0.25) is 4.79 Å². The quantitative estimate of drug-likeness (QED) is 0.249. The average Bonchev–Trinajstić information content (AvgIpc) is 2.86. The van der Waals surface area contributed by atoms with Crippen LogP contribution in [0.25, 0.3) is 11.1 Å². The first-order valence-corrected chi connectivity index (χ1v) is 11.9. The van der Waals surface area contributed by atoms with Crippen LogP contribution in [-0.4, -0.2) is 26.1 Å². The third-order valence-corrected chi connectivity index (χ3v) is 6.12. The number of fused-ring (bicyclic) bond motifs is 1. The maximum Gasteiger partial charge on any atom is 0.161 e. The van der Waals surface area contributed by atoms with Gasteiger partial charge in [0.05, 0.1) is 12.2 Å². The topological polar surface area (TPSA) is 54.0 Å². The number of unbranched alkanes of at least 4 members (excludes halogenated alkanes) is 2. The summed E-state index contributed by atoms with van der Waals surface area (Å²) in [6.07, 6.45) is 4.03. The second-order valence-corrected chi connectivity index (χ2v) is 8.57. The lowest BCUT2D eigenvalue weighted by Gasteiger charge is -2.20. The fraction of sp³-hybridized carbons (Fsp3) is 0.345. The second-order valence-electron chi connectivity index (χ2n) is 8.57. The highest BCUT2D eigenvalue weighted by atomic mass is 16.6. The molecule has 1 aliphatic rings. The summed E-state index contributed by atoms with van der Waals surface area (Å²) in [6.45, 7) is 8.36. The number of benzene rings is 3. The molecule has 0 aromatic heterocycles. The molecule has 0 amide bonds. The van der Waals surface area contributed by atoms with Crippen LogP contribution < -0.4 is 18.9 Å². The highest BCUT2D eigenvalue weighted by molar-refractivity contribution is 5.80. The van der Waals surface area contributed by atoms with E-state index in [2.05, 4.69) is 32.0 Å². The van der Waals surface area contributed by atoms with Gasteiger partial charge in [-0.05, 0) is 66.3 Å². The highest BCUT2D eigenvalue weighted by Crippen LogP contribution is 2.36. The molecule has 0 fully saturated rings. The smallest absolute Gasteiger partial charge is 0.161 e. The molecule has 3 aromatic carbocycles. The van der Waals surface area contributed by atoms with Gasteiger partial charge in [-0.25, -0.2) is 0 Å². The minimum Gasteiger partial charge on any atom is -0.493 e. The Kier molecular flexibility index (Phi) is 7.73. The lowest BCUT2D eigenvalue weighted by atomic mass is 9.96. The van der Waals surface area contributed by atoms with E-state index in [0.29, 0.717) is 37.7 Å². The Labute approximate surface area is 201 Å². The van der Waals surface area contributed by atoms with Crippen LogP contribution in [-0.2, 0) is 6.61 Å². The third-order valence-electron chi connectivity index (χ3n) is 6.12. The van der Waals surface area contributed by atoms with Gasteiger partial charge in [0.1, 0.15) is 31.3 Å². The molecular formula is C29H32O5. The summed E-state index contributed by atoms with van der Waals surface area (Å²) < 4.78 is 23.5. The van der Waals surface area contributed by atoms with Gasteiger partial charge in [-0.2, -0.15) is 0 Å². The highest BCUT2D eigenvalue weighted by Gasteiger charge is 2.15. The molecule has 3 aromatic rings. The van der Waals surface area contributed by atoms with Crippen molar-refractivity contribution in [2.24, 2.45) is 0 Å². The molecule has 0 bridgehead atoms. The zero-order valence-corrected chi connectivity index (χ0v) is 20.2. The van der Waals surface area contributed by atoms with Gasteiger partial charge in [0.2, 0.25) is 0 Å². The molecule has 0 saturated heterocycles. The van der Waals surface area contributed by atoms with Crippen LogP contribution in [0.15, 0.2) is 48.5 Å². The molecule has 178 valence electrons. The predicted octanol–water partition coefficient (Wildman–Crippen LogP) is 6.70. The van der Waals surface area contributed by atoms with E-state index in [-0.39, 0.29) is 0 Å². The predicted molar refractivity (Wildman–Crippen MR) is 134 cm³/mol. The zero-order chi connectivity index (χ0) is 23.9. The van der Waals surface area contributed by atoms with E-state index in [1.54, 1.807) is 0 Å². The standard InChI is InChI=1S/C29H32O5/c1-4-5-6-12-31-28-17-27(20(2)15-24(28)18-30)34-19-23-8-7-9-25(21(23)3)22-10-11-26-29(16-22)33-14-13-32-26/h7-11,15-18H,4-6,12-14,19H2,1-3H3. The molecule has 5 heteroatoms. The van der Waals surface area contributed by atoms with Crippen molar-refractivity contribution in [3.05, 3.63) is 70.8 Å². The van der Waals surface area contributed by atoms with E-state index in [1.807, 2.05) is 37.3 Å². The van der Waals surface area contributed by atoms with Crippen LogP contribution in [0.2, 0.25) is 0 Å². The van der Waals surface area contributed by atoms with Gasteiger partial charge in [0.15, 0.2) is 17.8 Å². The minimum absolute atomic E-state index is 0.417. The zero-order valence-electron chi connectivity index (χ0n) is 20.2. The third kappa shape index (κ3) is 5.36. The summed E-state index contributed by atoms with van der Waals surface area (Å²) in [7, 11) is 0. The summed E-state index contributed by atoms with van der Waals surface area (Å²) in [5.74, 6) is 2.87. The molecule has 0 radical (unpaired) electrons. The minimum atomic E-state index is 0.417. The van der Waals surface area contributed by atoms with Crippen LogP contribution in [0.4, 0.5) is 0 Å². The number of aldehydes is 1. The molecule has 1 heterocycles. The normalized spacial score (nSPS) is 12.3. The summed E-state index contributed by atoms with van der Waals surface area (Å²) in [4.78, 5) is 11.5. The molecule has 1 aliphatic heterocycles. The molecule has 0 unspecified atom stereocenters. The molecule has 34 heavy (non-hydrogen) atoms. The van der Waals surface area contributed by atoms with Crippen molar-refractivity contribution >= 4 is 6.29 Å². The second kappa shape index (κ2) is 11.1. The SMILES string of the molecule is CCCCCOc1cc(OCc2cccc(-c3ccc4c(c3)OCCO4)c2C)c(C)cc1C=O. The first kappa shape index (κ1) is 23.7. The number of rotatable bonds is 10. The number of ether oxygens (including phenoxy) is 4. The average molecular weight is 461 g/mol. The van der Waals surface area contributed by atoms with Crippen LogP contribution in [0.5, 0.6) is 23.0 Å². The Bertz CT molecular complexity index is 1150. The first-order chi connectivity index (χ1) is 16.6. The Balaban J connectivity index is 1.52. The summed E-state index contributed by atoms with van der Waals surface area (Å²) in [5, 5.41) is 0. The Morgan fingerprint density at radius 3 is 2.53 bits per heavy atom. The lowest BCUT2D eigenvalue weighted by Crippen LogP contribution is -2.15. The van der Waals surface area contributed by atoms with Crippen LogP contribution in [0.3, 0.4) is 0 Å². The van der Waals surface area contributed by atoms with Crippen molar-refractivity contribution in [1.29, 1.82) is 0 Å². The van der Waals surface area contributed by atoms with Gasteiger partial charge in [0.25, 0.3) is 0 Å². The van der Waals surface area contributed by atoms with Gasteiger partial charge in [-0.1, -0.05) is 44.0 Å². The Morgan fingerprint density at radius 2 is 1.74 bits per heavy atom. The number of aryl methyl sites for hydroxylation is 1. The Hall–Kier alpha value is -3.47. The first-order valence-electron chi connectivity index (χ1n) is 11.9. The summed E-state index contributed by atoms with van der Waals surface area (Å²) >= 11 is 0. The van der Waals surface area contributed by atoms with Crippen LogP contribution >= 0.6 is 0 Å². The number of carbonyl (C=O) groups excluding carboxylic acids is 1. The van der Waals surface area contributed by atoms with Crippen molar-refractivity contribution in [1.82, 2.24) is 0 Å². The monoisotopic (exact) mass is 460 g/mol. The van der Waals surface area contributed by atoms with E-state index in [1.165, 1.54) is 0 Å². The van der Waals surface area contributed by atoms with Crippen molar-refractivity contribution < 1.29 is 23.7 Å². The summed E-state index contributed by atoms with van der Waals surface area (Å²) in [5.41, 5.74) is 5.92. The van der Waals surface area contributed by atoms with Gasteiger partial charge >= 0.3 is 0 Å². The van der Waals surface area contributed by atoms with Gasteiger partial charge in [0, 0.05) is 6.07 Å². The van der Waals surface area contributed by atoms with Crippen molar-refractivity contribution in [2.45, 2.75) is 46.6 Å². The molecule has 0 atom stereocenters. The lowest BCUT2D eigenvalue weighted by molar-refractivity contribution is 0.111. The van der Waals surface area contributed by atoms with Crippen molar-refractivity contribution in [3.8, 4) is 34.1 Å². The maximum absolute atomic E-state index is 11.5. The molecule has 0 spiro atoms.